The molecular formula is C13H16ClN3O2S. The van der Waals surface area contributed by atoms with Crippen LogP contribution >= 0.6 is 12.4 Å². The molecule has 0 bridgehead atoms. The number of rotatable bonds is 2. The number of pyridine rings is 1. The van der Waals surface area contributed by atoms with Crippen LogP contribution in [-0.2, 0) is 10.0 Å². The molecule has 0 amide bonds. The lowest BCUT2D eigenvalue weighted by atomic mass is 10.2. The lowest BCUT2D eigenvalue weighted by Gasteiger charge is -2.16. The number of hydrogen-bond donors (Lipinski definition) is 1. The highest BCUT2D eigenvalue weighted by Crippen LogP contribution is 2.26. The van der Waals surface area contributed by atoms with Gasteiger partial charge in [0.15, 0.2) is 0 Å². The Labute approximate surface area is 124 Å². The molecule has 0 unspecified atom stereocenters. The summed E-state index contributed by atoms with van der Waals surface area (Å²) < 4.78 is 26.7. The van der Waals surface area contributed by atoms with E-state index in [0.29, 0.717) is 25.0 Å². The molecule has 3 rings (SSSR count). The highest BCUT2D eigenvalue weighted by Gasteiger charge is 2.32. The zero-order valence-electron chi connectivity index (χ0n) is 10.8. The van der Waals surface area contributed by atoms with E-state index in [9.17, 15) is 8.42 Å². The Morgan fingerprint density at radius 3 is 2.70 bits per heavy atom. The third-order valence-electron chi connectivity index (χ3n) is 3.40. The number of fused-ring (bicyclic) bond motifs is 1. The fraction of sp³-hybridized carbons (Fsp3) is 0.308. The quantitative estimate of drug-likeness (QED) is 0.908. The van der Waals surface area contributed by atoms with Crippen molar-refractivity contribution in [2.75, 3.05) is 13.1 Å². The first kappa shape index (κ1) is 15.2. The number of halogens is 1. The topological polar surface area (TPSA) is 76.3 Å². The van der Waals surface area contributed by atoms with Crippen LogP contribution in [-0.4, -0.2) is 36.8 Å². The summed E-state index contributed by atoms with van der Waals surface area (Å²) in [5.41, 5.74) is 6.31. The monoisotopic (exact) mass is 313 g/mol. The maximum atomic E-state index is 12.6. The smallest absolute Gasteiger partial charge is 0.245 e. The Kier molecular flexibility index (Phi) is 4.29. The number of benzene rings is 1. The highest BCUT2D eigenvalue weighted by molar-refractivity contribution is 7.89. The van der Waals surface area contributed by atoms with Gasteiger partial charge in [-0.3, -0.25) is 4.98 Å². The predicted molar refractivity (Wildman–Crippen MR) is 80.3 cm³/mol. The van der Waals surface area contributed by atoms with Crippen molar-refractivity contribution in [3.05, 3.63) is 36.5 Å². The van der Waals surface area contributed by atoms with E-state index in [-0.39, 0.29) is 23.3 Å². The zero-order chi connectivity index (χ0) is 13.5. The second kappa shape index (κ2) is 5.65. The van der Waals surface area contributed by atoms with Crippen LogP contribution in [0.15, 0.2) is 41.4 Å². The SMILES string of the molecule is Cl.N[C@@H]1CCN(S(=O)(=O)c2cccc3cccnc23)C1. The summed E-state index contributed by atoms with van der Waals surface area (Å²) in [6, 6.07) is 8.79. The van der Waals surface area contributed by atoms with Crippen molar-refractivity contribution >= 4 is 33.3 Å². The molecule has 20 heavy (non-hydrogen) atoms. The summed E-state index contributed by atoms with van der Waals surface area (Å²) in [6.07, 6.45) is 2.31. The predicted octanol–water partition coefficient (Wildman–Crippen LogP) is 1.38. The summed E-state index contributed by atoms with van der Waals surface area (Å²) in [4.78, 5) is 4.46. The van der Waals surface area contributed by atoms with Crippen molar-refractivity contribution in [2.24, 2.45) is 5.73 Å². The maximum absolute atomic E-state index is 12.6. The molecule has 0 spiro atoms. The molecule has 2 aromatic rings. The molecule has 2 heterocycles. The molecule has 5 nitrogen and oxygen atoms in total. The van der Waals surface area contributed by atoms with Crippen LogP contribution < -0.4 is 5.73 Å². The Hall–Kier alpha value is -1.21. The van der Waals surface area contributed by atoms with Gasteiger partial charge in [0.2, 0.25) is 10.0 Å². The Morgan fingerprint density at radius 2 is 2.00 bits per heavy atom. The first-order valence-corrected chi connectivity index (χ1v) is 7.62. The first-order chi connectivity index (χ1) is 9.09. The Balaban J connectivity index is 0.00000147. The van der Waals surface area contributed by atoms with Gasteiger partial charge in [-0.1, -0.05) is 18.2 Å². The molecule has 7 heteroatoms. The zero-order valence-corrected chi connectivity index (χ0v) is 12.4. The fourth-order valence-electron chi connectivity index (χ4n) is 2.40. The maximum Gasteiger partial charge on any atom is 0.245 e. The van der Waals surface area contributed by atoms with E-state index in [4.69, 9.17) is 5.73 Å². The molecule has 0 saturated carbocycles. The van der Waals surface area contributed by atoms with Gasteiger partial charge in [0, 0.05) is 30.7 Å². The summed E-state index contributed by atoms with van der Waals surface area (Å²) >= 11 is 0. The van der Waals surface area contributed by atoms with Crippen LogP contribution in [0.3, 0.4) is 0 Å². The number of sulfonamides is 1. The van der Waals surface area contributed by atoms with E-state index in [2.05, 4.69) is 4.98 Å². The van der Waals surface area contributed by atoms with Crippen LogP contribution in [0, 0.1) is 0 Å². The van der Waals surface area contributed by atoms with Gasteiger partial charge in [-0.05, 0) is 18.6 Å². The van der Waals surface area contributed by atoms with Crippen molar-refractivity contribution in [3.63, 3.8) is 0 Å². The standard InChI is InChI=1S/C13H15N3O2S.ClH/c14-11-6-8-16(9-11)19(17,18)12-5-1-3-10-4-2-7-15-13(10)12;/h1-5,7,11H,6,8-9,14H2;1H/t11-;/m1./s1. The molecule has 1 saturated heterocycles. The lowest BCUT2D eigenvalue weighted by Crippen LogP contribution is -2.32. The van der Waals surface area contributed by atoms with E-state index in [1.54, 1.807) is 24.4 Å². The second-order valence-corrected chi connectivity index (χ2v) is 6.65. The third-order valence-corrected chi connectivity index (χ3v) is 5.30. The van der Waals surface area contributed by atoms with Crippen LogP contribution in [0.4, 0.5) is 0 Å². The minimum absolute atomic E-state index is 0. The summed E-state index contributed by atoms with van der Waals surface area (Å²) in [7, 11) is -3.51. The Bertz CT molecular complexity index is 715. The minimum Gasteiger partial charge on any atom is -0.326 e. The number of para-hydroxylation sites is 1. The molecule has 1 aromatic heterocycles. The van der Waals surface area contributed by atoms with E-state index < -0.39 is 10.0 Å². The van der Waals surface area contributed by atoms with Gasteiger partial charge < -0.3 is 5.73 Å². The molecule has 1 aliphatic heterocycles. The van der Waals surface area contributed by atoms with Crippen LogP contribution in [0.2, 0.25) is 0 Å². The van der Waals surface area contributed by atoms with Gasteiger partial charge in [-0.2, -0.15) is 4.31 Å². The summed E-state index contributed by atoms with van der Waals surface area (Å²) in [5.74, 6) is 0. The number of nitrogens with two attached hydrogens (primary N) is 1. The molecular weight excluding hydrogens is 298 g/mol. The van der Waals surface area contributed by atoms with Gasteiger partial charge in [-0.15, -0.1) is 12.4 Å². The summed E-state index contributed by atoms with van der Waals surface area (Å²) in [5, 5.41) is 0.826. The minimum atomic E-state index is -3.51. The molecule has 1 atom stereocenters. The average molecular weight is 314 g/mol. The molecule has 0 aliphatic carbocycles. The van der Waals surface area contributed by atoms with Crippen molar-refractivity contribution < 1.29 is 8.42 Å². The molecule has 1 fully saturated rings. The van der Waals surface area contributed by atoms with E-state index in [1.165, 1.54) is 4.31 Å². The first-order valence-electron chi connectivity index (χ1n) is 6.18. The van der Waals surface area contributed by atoms with Crippen LogP contribution in [0.5, 0.6) is 0 Å². The number of hydrogen-bond acceptors (Lipinski definition) is 4. The summed E-state index contributed by atoms with van der Waals surface area (Å²) in [6.45, 7) is 0.859. The second-order valence-electron chi connectivity index (χ2n) is 4.74. The van der Waals surface area contributed by atoms with Crippen LogP contribution in [0.1, 0.15) is 6.42 Å². The van der Waals surface area contributed by atoms with E-state index >= 15 is 0 Å². The van der Waals surface area contributed by atoms with Gasteiger partial charge in [0.05, 0.1) is 5.52 Å². The van der Waals surface area contributed by atoms with E-state index in [0.717, 1.165) is 5.39 Å². The van der Waals surface area contributed by atoms with Gasteiger partial charge >= 0.3 is 0 Å². The third kappa shape index (κ3) is 2.52. The van der Waals surface area contributed by atoms with Gasteiger partial charge in [-0.25, -0.2) is 8.42 Å². The van der Waals surface area contributed by atoms with Crippen molar-refractivity contribution in [1.29, 1.82) is 0 Å². The lowest BCUT2D eigenvalue weighted by molar-refractivity contribution is 0.473. The van der Waals surface area contributed by atoms with Crippen molar-refractivity contribution in [2.45, 2.75) is 17.4 Å². The number of nitrogens with zero attached hydrogens (tertiary/aromatic N) is 2. The van der Waals surface area contributed by atoms with Crippen molar-refractivity contribution in [1.82, 2.24) is 9.29 Å². The molecule has 2 N–H and O–H groups in total. The fourth-order valence-corrected chi connectivity index (χ4v) is 4.07. The van der Waals surface area contributed by atoms with Crippen molar-refractivity contribution in [3.8, 4) is 0 Å². The molecule has 1 aromatic carbocycles. The largest absolute Gasteiger partial charge is 0.326 e. The molecule has 0 radical (unpaired) electrons. The van der Waals surface area contributed by atoms with Crippen LogP contribution in [0.25, 0.3) is 10.9 Å². The van der Waals surface area contributed by atoms with Gasteiger partial charge in [0.25, 0.3) is 0 Å². The highest BCUT2D eigenvalue weighted by atomic mass is 35.5. The van der Waals surface area contributed by atoms with Gasteiger partial charge in [0.1, 0.15) is 4.90 Å². The average Bonchev–Trinajstić information content (AvgIpc) is 2.85. The molecule has 1 aliphatic rings. The molecule has 108 valence electrons. The Morgan fingerprint density at radius 1 is 1.25 bits per heavy atom. The normalized spacial score (nSPS) is 19.9. The number of aromatic nitrogens is 1. The van der Waals surface area contributed by atoms with E-state index in [1.807, 2.05) is 12.1 Å².